The Bertz CT molecular complexity index is 554. The van der Waals surface area contributed by atoms with Crippen molar-refractivity contribution in [1.82, 2.24) is 20.2 Å². The average Bonchev–Trinajstić information content (AvgIpc) is 2.86. The number of aromatic amines is 1. The van der Waals surface area contributed by atoms with Crippen molar-refractivity contribution in [3.63, 3.8) is 0 Å². The molecule has 7 heteroatoms. The summed E-state index contributed by atoms with van der Waals surface area (Å²) in [5.41, 5.74) is -1.17. The molecular formula is C11H16N4O3. The molecule has 1 fully saturated rings. The third-order valence-corrected chi connectivity index (χ3v) is 3.10. The SMILES string of the molecule is Cn1c(=O)[nH]cc(C(=O)NCC2CCCN2)c1=O. The van der Waals surface area contributed by atoms with Crippen molar-refractivity contribution in [2.45, 2.75) is 18.9 Å². The number of nitrogens with zero attached hydrogens (tertiary/aromatic N) is 1. The molecule has 1 aromatic rings. The molecule has 1 saturated heterocycles. The number of amides is 1. The summed E-state index contributed by atoms with van der Waals surface area (Å²) in [4.78, 5) is 37.0. The molecule has 0 aromatic carbocycles. The van der Waals surface area contributed by atoms with Crippen LogP contribution in [0.25, 0.3) is 0 Å². The van der Waals surface area contributed by atoms with Crippen LogP contribution in [0.1, 0.15) is 23.2 Å². The molecule has 1 aromatic heterocycles. The van der Waals surface area contributed by atoms with Gasteiger partial charge in [-0.3, -0.25) is 14.2 Å². The third-order valence-electron chi connectivity index (χ3n) is 3.10. The first-order chi connectivity index (χ1) is 8.59. The Kier molecular flexibility index (Phi) is 3.61. The highest BCUT2D eigenvalue weighted by molar-refractivity contribution is 5.93. The monoisotopic (exact) mass is 252 g/mol. The Balaban J connectivity index is 2.07. The van der Waals surface area contributed by atoms with Crippen LogP contribution in [0.5, 0.6) is 0 Å². The summed E-state index contributed by atoms with van der Waals surface area (Å²) < 4.78 is 0.878. The van der Waals surface area contributed by atoms with E-state index in [0.29, 0.717) is 6.54 Å². The van der Waals surface area contributed by atoms with Gasteiger partial charge in [-0.15, -0.1) is 0 Å². The van der Waals surface area contributed by atoms with E-state index in [1.54, 1.807) is 0 Å². The second-order valence-corrected chi connectivity index (χ2v) is 4.37. The minimum absolute atomic E-state index is 0.0462. The average molecular weight is 252 g/mol. The fourth-order valence-corrected chi connectivity index (χ4v) is 1.97. The molecule has 1 amide bonds. The lowest BCUT2D eigenvalue weighted by atomic mass is 10.2. The Labute approximate surface area is 103 Å². The first-order valence-electron chi connectivity index (χ1n) is 5.90. The maximum absolute atomic E-state index is 11.8. The lowest BCUT2D eigenvalue weighted by Gasteiger charge is -2.11. The van der Waals surface area contributed by atoms with Gasteiger partial charge in [-0.25, -0.2) is 4.79 Å². The van der Waals surface area contributed by atoms with Gasteiger partial charge in [0, 0.05) is 25.8 Å². The second-order valence-electron chi connectivity index (χ2n) is 4.37. The number of carbonyl (C=O) groups excluding carboxylic acids is 1. The summed E-state index contributed by atoms with van der Waals surface area (Å²) in [7, 11) is 1.33. The number of H-pyrrole nitrogens is 1. The molecule has 7 nitrogen and oxygen atoms in total. The molecule has 0 radical (unpaired) electrons. The number of hydrogen-bond acceptors (Lipinski definition) is 4. The van der Waals surface area contributed by atoms with Crippen molar-refractivity contribution in [1.29, 1.82) is 0 Å². The van der Waals surface area contributed by atoms with Crippen molar-refractivity contribution in [3.8, 4) is 0 Å². The van der Waals surface area contributed by atoms with E-state index in [-0.39, 0.29) is 11.6 Å². The van der Waals surface area contributed by atoms with Crippen molar-refractivity contribution < 1.29 is 4.79 Å². The number of hydrogen-bond donors (Lipinski definition) is 3. The van der Waals surface area contributed by atoms with Gasteiger partial charge in [-0.1, -0.05) is 0 Å². The normalized spacial score (nSPS) is 18.8. The molecule has 0 bridgehead atoms. The third kappa shape index (κ3) is 2.51. The summed E-state index contributed by atoms with van der Waals surface area (Å²) in [6.45, 7) is 1.45. The van der Waals surface area contributed by atoms with Gasteiger partial charge in [-0.05, 0) is 19.4 Å². The van der Waals surface area contributed by atoms with E-state index in [9.17, 15) is 14.4 Å². The first kappa shape index (κ1) is 12.6. The summed E-state index contributed by atoms with van der Waals surface area (Å²) in [6, 6.07) is 0.264. The zero-order valence-electron chi connectivity index (χ0n) is 10.2. The second kappa shape index (κ2) is 5.18. The van der Waals surface area contributed by atoms with Gasteiger partial charge in [0.05, 0.1) is 0 Å². The number of rotatable bonds is 3. The van der Waals surface area contributed by atoms with E-state index in [1.165, 1.54) is 7.05 Å². The zero-order valence-corrected chi connectivity index (χ0v) is 10.2. The van der Waals surface area contributed by atoms with E-state index >= 15 is 0 Å². The van der Waals surface area contributed by atoms with E-state index in [4.69, 9.17) is 0 Å². The minimum Gasteiger partial charge on any atom is -0.350 e. The molecule has 0 saturated carbocycles. The molecule has 1 aliphatic heterocycles. The fraction of sp³-hybridized carbons (Fsp3) is 0.545. The molecule has 1 atom stereocenters. The quantitative estimate of drug-likeness (QED) is 0.613. The van der Waals surface area contributed by atoms with Crippen LogP contribution in [0, 0.1) is 0 Å². The fourth-order valence-electron chi connectivity index (χ4n) is 1.97. The molecule has 3 N–H and O–H groups in total. The summed E-state index contributed by atoms with van der Waals surface area (Å²) in [5, 5.41) is 5.93. The van der Waals surface area contributed by atoms with Crippen molar-refractivity contribution >= 4 is 5.91 Å². The van der Waals surface area contributed by atoms with E-state index in [2.05, 4.69) is 15.6 Å². The number of nitrogens with one attached hydrogen (secondary N) is 3. The smallest absolute Gasteiger partial charge is 0.328 e. The van der Waals surface area contributed by atoms with Crippen LogP contribution in [0.4, 0.5) is 0 Å². The van der Waals surface area contributed by atoms with Crippen molar-refractivity contribution in [2.75, 3.05) is 13.1 Å². The highest BCUT2D eigenvalue weighted by Gasteiger charge is 2.17. The van der Waals surface area contributed by atoms with Gasteiger partial charge in [-0.2, -0.15) is 0 Å². The van der Waals surface area contributed by atoms with E-state index < -0.39 is 17.2 Å². The topological polar surface area (TPSA) is 96.0 Å². The first-order valence-corrected chi connectivity index (χ1v) is 5.90. The standard InChI is InChI=1S/C11H16N4O3/c1-15-10(17)8(6-14-11(15)18)9(16)13-5-7-3-2-4-12-7/h6-7,12H,2-5H2,1H3,(H,13,16)(H,14,18). The van der Waals surface area contributed by atoms with Crippen LogP contribution in [0.15, 0.2) is 15.8 Å². The van der Waals surface area contributed by atoms with Gasteiger partial charge >= 0.3 is 5.69 Å². The van der Waals surface area contributed by atoms with Crippen molar-refractivity contribution in [2.24, 2.45) is 7.05 Å². The molecule has 2 heterocycles. The summed E-state index contributed by atoms with van der Waals surface area (Å²) >= 11 is 0. The number of carbonyl (C=O) groups is 1. The molecule has 18 heavy (non-hydrogen) atoms. The molecule has 0 spiro atoms. The Morgan fingerprint density at radius 2 is 2.33 bits per heavy atom. The Morgan fingerprint density at radius 3 is 3.00 bits per heavy atom. The zero-order chi connectivity index (χ0) is 13.1. The van der Waals surface area contributed by atoms with Gasteiger partial charge in [0.15, 0.2) is 0 Å². The van der Waals surface area contributed by atoms with Gasteiger partial charge in [0.25, 0.3) is 11.5 Å². The molecule has 1 unspecified atom stereocenters. The van der Waals surface area contributed by atoms with Gasteiger partial charge in [0.1, 0.15) is 5.56 Å². The van der Waals surface area contributed by atoms with E-state index in [1.807, 2.05) is 0 Å². The summed E-state index contributed by atoms with van der Waals surface area (Å²) in [6.07, 6.45) is 3.27. The predicted molar refractivity (Wildman–Crippen MR) is 65.7 cm³/mol. The minimum atomic E-state index is -0.587. The van der Waals surface area contributed by atoms with Crippen LogP contribution >= 0.6 is 0 Å². The molecule has 1 aliphatic rings. The van der Waals surface area contributed by atoms with Crippen LogP contribution < -0.4 is 21.9 Å². The largest absolute Gasteiger partial charge is 0.350 e. The lowest BCUT2D eigenvalue weighted by Crippen LogP contribution is -2.42. The van der Waals surface area contributed by atoms with Crippen LogP contribution in [-0.4, -0.2) is 34.6 Å². The van der Waals surface area contributed by atoms with Crippen LogP contribution in [-0.2, 0) is 7.05 Å². The van der Waals surface area contributed by atoms with Gasteiger partial charge in [0.2, 0.25) is 0 Å². The Hall–Kier alpha value is -1.89. The lowest BCUT2D eigenvalue weighted by molar-refractivity contribution is 0.0947. The van der Waals surface area contributed by atoms with Crippen LogP contribution in [0.3, 0.4) is 0 Å². The Morgan fingerprint density at radius 1 is 1.56 bits per heavy atom. The predicted octanol–water partition coefficient (Wildman–Crippen LogP) is -1.44. The maximum atomic E-state index is 11.8. The molecular weight excluding hydrogens is 236 g/mol. The van der Waals surface area contributed by atoms with Crippen LogP contribution in [0.2, 0.25) is 0 Å². The van der Waals surface area contributed by atoms with E-state index in [0.717, 1.165) is 30.2 Å². The van der Waals surface area contributed by atoms with Crippen molar-refractivity contribution in [3.05, 3.63) is 32.6 Å². The highest BCUT2D eigenvalue weighted by Crippen LogP contribution is 2.03. The summed E-state index contributed by atoms with van der Waals surface area (Å²) in [5.74, 6) is -0.458. The maximum Gasteiger partial charge on any atom is 0.328 e. The number of aromatic nitrogens is 2. The highest BCUT2D eigenvalue weighted by atomic mass is 16.2. The molecule has 2 rings (SSSR count). The van der Waals surface area contributed by atoms with Gasteiger partial charge < -0.3 is 15.6 Å². The molecule has 98 valence electrons. The molecule has 0 aliphatic carbocycles.